The number of carbonyl (C=O) groups excluding carboxylic acids is 1. The normalized spacial score (nSPS) is 20.2. The number of aromatic nitrogens is 1. The number of hydrogen-bond acceptors (Lipinski definition) is 5. The van der Waals surface area contributed by atoms with E-state index >= 15 is 0 Å². The van der Waals surface area contributed by atoms with E-state index in [0.717, 1.165) is 50.6 Å². The molecule has 2 heterocycles. The van der Waals surface area contributed by atoms with Crippen LogP contribution in [0.15, 0.2) is 11.6 Å². The Balaban J connectivity index is 0.00000156. The Bertz CT molecular complexity index is 509. The van der Waals surface area contributed by atoms with Crippen LogP contribution in [0.25, 0.3) is 0 Å². The van der Waals surface area contributed by atoms with E-state index < -0.39 is 0 Å². The lowest BCUT2D eigenvalue weighted by atomic mass is 9.71. The van der Waals surface area contributed by atoms with E-state index in [9.17, 15) is 4.79 Å². The van der Waals surface area contributed by atoms with Gasteiger partial charge in [-0.25, -0.2) is 4.98 Å². The van der Waals surface area contributed by atoms with E-state index in [1.807, 2.05) is 11.6 Å². The quantitative estimate of drug-likeness (QED) is 0.829. The summed E-state index contributed by atoms with van der Waals surface area (Å²) in [6.07, 6.45) is 9.49. The summed E-state index contributed by atoms with van der Waals surface area (Å²) in [6.45, 7) is 4.19. The SMILES string of the molecule is Cl.Cl.NCC1(CC(=O)N2CCCN(c3nccs3)CC2)CCCCC1. The van der Waals surface area contributed by atoms with Gasteiger partial charge in [-0.15, -0.1) is 36.2 Å². The van der Waals surface area contributed by atoms with Gasteiger partial charge in [0.05, 0.1) is 0 Å². The molecule has 0 aromatic carbocycles. The average Bonchev–Trinajstić information content (AvgIpc) is 3.00. The Morgan fingerprint density at radius 2 is 1.88 bits per heavy atom. The zero-order valence-electron chi connectivity index (χ0n) is 14.7. The molecular weight excluding hydrogens is 379 g/mol. The van der Waals surface area contributed by atoms with Crippen molar-refractivity contribution in [2.45, 2.75) is 44.9 Å². The van der Waals surface area contributed by atoms with Gasteiger partial charge in [-0.3, -0.25) is 4.79 Å². The molecule has 1 aliphatic carbocycles. The highest BCUT2D eigenvalue weighted by Crippen LogP contribution is 2.38. The molecule has 3 rings (SSSR count). The smallest absolute Gasteiger partial charge is 0.223 e. The van der Waals surface area contributed by atoms with Gasteiger partial charge in [0.1, 0.15) is 0 Å². The van der Waals surface area contributed by atoms with Crippen molar-refractivity contribution in [1.82, 2.24) is 9.88 Å². The highest BCUT2D eigenvalue weighted by atomic mass is 35.5. The molecule has 25 heavy (non-hydrogen) atoms. The van der Waals surface area contributed by atoms with Crippen LogP contribution in [0.4, 0.5) is 5.13 Å². The highest BCUT2D eigenvalue weighted by Gasteiger charge is 2.34. The molecule has 1 aliphatic heterocycles. The van der Waals surface area contributed by atoms with Gasteiger partial charge in [-0.2, -0.15) is 0 Å². The monoisotopic (exact) mass is 408 g/mol. The molecule has 1 aromatic rings. The van der Waals surface area contributed by atoms with E-state index in [-0.39, 0.29) is 30.2 Å². The van der Waals surface area contributed by atoms with Crippen LogP contribution in [0, 0.1) is 5.41 Å². The van der Waals surface area contributed by atoms with Crippen molar-refractivity contribution in [2.75, 3.05) is 37.6 Å². The van der Waals surface area contributed by atoms with Gasteiger partial charge < -0.3 is 15.5 Å². The van der Waals surface area contributed by atoms with Crippen molar-refractivity contribution in [2.24, 2.45) is 11.1 Å². The lowest BCUT2D eigenvalue weighted by Crippen LogP contribution is -2.42. The molecule has 0 atom stereocenters. The summed E-state index contributed by atoms with van der Waals surface area (Å²) in [7, 11) is 0. The lowest BCUT2D eigenvalue weighted by Gasteiger charge is -2.37. The molecule has 5 nitrogen and oxygen atoms in total. The lowest BCUT2D eigenvalue weighted by molar-refractivity contribution is -0.134. The average molecular weight is 409 g/mol. The van der Waals surface area contributed by atoms with Gasteiger partial charge in [0.2, 0.25) is 5.91 Å². The molecule has 0 spiro atoms. The summed E-state index contributed by atoms with van der Waals surface area (Å²) in [5, 5.41) is 3.09. The molecule has 2 aliphatic rings. The summed E-state index contributed by atoms with van der Waals surface area (Å²) in [5.74, 6) is 0.304. The maximum absolute atomic E-state index is 12.8. The van der Waals surface area contributed by atoms with Gasteiger partial charge in [0.25, 0.3) is 0 Å². The fourth-order valence-electron chi connectivity index (χ4n) is 3.92. The van der Waals surface area contributed by atoms with Gasteiger partial charge in [-0.1, -0.05) is 19.3 Å². The second kappa shape index (κ2) is 10.6. The third-order valence-corrected chi connectivity index (χ3v) is 6.24. The van der Waals surface area contributed by atoms with Crippen LogP contribution < -0.4 is 10.6 Å². The van der Waals surface area contributed by atoms with Crippen LogP contribution >= 0.6 is 36.2 Å². The number of nitrogens with zero attached hydrogens (tertiary/aromatic N) is 3. The third-order valence-electron chi connectivity index (χ3n) is 5.41. The first-order valence-electron chi connectivity index (χ1n) is 8.85. The Morgan fingerprint density at radius 1 is 1.12 bits per heavy atom. The number of carbonyl (C=O) groups is 1. The minimum Gasteiger partial charge on any atom is -0.346 e. The molecule has 2 fully saturated rings. The number of nitrogens with two attached hydrogens (primary N) is 1. The summed E-state index contributed by atoms with van der Waals surface area (Å²) in [4.78, 5) is 21.6. The van der Waals surface area contributed by atoms with Crippen LogP contribution in [-0.4, -0.2) is 48.5 Å². The molecule has 1 saturated carbocycles. The van der Waals surface area contributed by atoms with E-state index in [0.29, 0.717) is 18.9 Å². The fourth-order valence-corrected chi connectivity index (χ4v) is 4.61. The first-order chi connectivity index (χ1) is 11.2. The number of amides is 1. The van der Waals surface area contributed by atoms with Crippen LogP contribution in [0.5, 0.6) is 0 Å². The van der Waals surface area contributed by atoms with Crippen LogP contribution in [-0.2, 0) is 4.79 Å². The van der Waals surface area contributed by atoms with E-state index in [1.54, 1.807) is 11.3 Å². The molecule has 1 saturated heterocycles. The highest BCUT2D eigenvalue weighted by molar-refractivity contribution is 7.13. The third kappa shape index (κ3) is 5.71. The zero-order valence-corrected chi connectivity index (χ0v) is 17.1. The maximum Gasteiger partial charge on any atom is 0.223 e. The Labute approximate surface area is 167 Å². The van der Waals surface area contributed by atoms with Crippen molar-refractivity contribution in [3.8, 4) is 0 Å². The Kier molecular flexibility index (Phi) is 9.49. The molecule has 0 bridgehead atoms. The van der Waals surface area contributed by atoms with E-state index in [1.165, 1.54) is 19.3 Å². The predicted molar refractivity (Wildman–Crippen MR) is 109 cm³/mol. The van der Waals surface area contributed by atoms with Crippen molar-refractivity contribution in [3.63, 3.8) is 0 Å². The minimum atomic E-state index is 0. The van der Waals surface area contributed by atoms with Crippen LogP contribution in [0.2, 0.25) is 0 Å². The second-order valence-corrected chi connectivity index (χ2v) is 7.85. The van der Waals surface area contributed by atoms with Gasteiger partial charge in [0, 0.05) is 44.2 Å². The zero-order chi connectivity index (χ0) is 16.1. The number of rotatable bonds is 4. The summed E-state index contributed by atoms with van der Waals surface area (Å²) < 4.78 is 0. The van der Waals surface area contributed by atoms with Crippen molar-refractivity contribution < 1.29 is 4.79 Å². The Hall–Kier alpha value is -0.560. The van der Waals surface area contributed by atoms with Crippen LogP contribution in [0.3, 0.4) is 0 Å². The van der Waals surface area contributed by atoms with E-state index in [2.05, 4.69) is 14.8 Å². The molecule has 8 heteroatoms. The van der Waals surface area contributed by atoms with E-state index in [4.69, 9.17) is 5.73 Å². The topological polar surface area (TPSA) is 62.5 Å². The van der Waals surface area contributed by atoms with Crippen molar-refractivity contribution >= 4 is 47.2 Å². The first-order valence-corrected chi connectivity index (χ1v) is 9.73. The molecule has 1 amide bonds. The number of thiazole rings is 1. The summed E-state index contributed by atoms with van der Waals surface area (Å²) in [6, 6.07) is 0. The molecule has 1 aromatic heterocycles. The number of anilines is 1. The molecule has 0 unspecified atom stereocenters. The van der Waals surface area contributed by atoms with Gasteiger partial charge in [0.15, 0.2) is 5.13 Å². The first kappa shape index (κ1) is 22.5. The van der Waals surface area contributed by atoms with Gasteiger partial charge in [-0.05, 0) is 31.2 Å². The maximum atomic E-state index is 12.8. The molecule has 0 radical (unpaired) electrons. The predicted octanol–water partition coefficient (Wildman–Crippen LogP) is 3.32. The number of halogens is 2. The second-order valence-electron chi connectivity index (χ2n) is 6.98. The molecule has 144 valence electrons. The minimum absolute atomic E-state index is 0. The fraction of sp³-hybridized carbons (Fsp3) is 0.765. The number of hydrogen-bond donors (Lipinski definition) is 1. The molecule has 2 N–H and O–H groups in total. The van der Waals surface area contributed by atoms with Crippen molar-refractivity contribution in [3.05, 3.63) is 11.6 Å². The van der Waals surface area contributed by atoms with Crippen molar-refractivity contribution in [1.29, 1.82) is 0 Å². The Morgan fingerprint density at radius 3 is 2.52 bits per heavy atom. The molecular formula is C17H30Cl2N4OS. The van der Waals surface area contributed by atoms with Gasteiger partial charge >= 0.3 is 0 Å². The largest absolute Gasteiger partial charge is 0.346 e. The standard InChI is InChI=1S/C17H28N4OS.2ClH/c18-14-17(5-2-1-3-6-17)13-15(22)20-8-4-9-21(11-10-20)16-19-7-12-23-16;;/h7,12H,1-6,8-11,13-14,18H2;2*1H. The van der Waals surface area contributed by atoms with Crippen LogP contribution in [0.1, 0.15) is 44.9 Å². The summed E-state index contributed by atoms with van der Waals surface area (Å²) >= 11 is 1.67. The summed E-state index contributed by atoms with van der Waals surface area (Å²) in [5.41, 5.74) is 6.11.